The molecule has 0 saturated carbocycles. The maximum atomic E-state index is 11.4. The molecule has 6 N–H and O–H groups in total. The lowest BCUT2D eigenvalue weighted by Gasteiger charge is -2.12. The molecular weight excluding hydrogens is 276 g/mol. The number of nitrogens with two attached hydrogens (primary N) is 2. The fourth-order valence-electron chi connectivity index (χ4n) is 1.44. The number of ether oxygens (including phenoxy) is 2. The second-order valence-electron chi connectivity index (χ2n) is 3.71. The van der Waals surface area contributed by atoms with Crippen LogP contribution in [0.1, 0.15) is 10.4 Å². The minimum absolute atomic E-state index is 0.0808. The van der Waals surface area contributed by atoms with E-state index in [1.165, 1.54) is 26.4 Å². The van der Waals surface area contributed by atoms with E-state index in [4.69, 9.17) is 31.6 Å². The van der Waals surface area contributed by atoms with Gasteiger partial charge >= 0.3 is 0 Å². The fraction of sp³-hybridized carbons (Fsp3) is 0.167. The monoisotopic (exact) mass is 290 g/mol. The van der Waals surface area contributed by atoms with Crippen molar-refractivity contribution in [2.24, 2.45) is 16.6 Å². The summed E-state index contributed by atoms with van der Waals surface area (Å²) in [6.07, 6.45) is 0. The first-order chi connectivity index (χ1) is 9.94. The summed E-state index contributed by atoms with van der Waals surface area (Å²) in [4.78, 5) is 11.4. The van der Waals surface area contributed by atoms with Gasteiger partial charge in [-0.15, -0.1) is 0 Å². The topological polar surface area (TPSA) is 160 Å². The number of nitrogens with zero attached hydrogens (tertiary/aromatic N) is 2. The number of nitriles is 1. The summed E-state index contributed by atoms with van der Waals surface area (Å²) in [5.74, 6) is -0.587. The van der Waals surface area contributed by atoms with Gasteiger partial charge in [0.1, 0.15) is 6.07 Å². The molecule has 0 aliphatic heterocycles. The zero-order chi connectivity index (χ0) is 16.0. The molecule has 0 bridgehead atoms. The Hall–Kier alpha value is -3.28. The summed E-state index contributed by atoms with van der Waals surface area (Å²) in [7, 11) is 2.84. The van der Waals surface area contributed by atoms with E-state index in [9.17, 15) is 4.79 Å². The molecule has 9 heteroatoms. The zero-order valence-electron chi connectivity index (χ0n) is 11.4. The van der Waals surface area contributed by atoms with Crippen LogP contribution in [0.15, 0.2) is 17.2 Å². The first-order valence-electron chi connectivity index (χ1n) is 5.58. The van der Waals surface area contributed by atoms with E-state index in [0.29, 0.717) is 11.5 Å². The van der Waals surface area contributed by atoms with Gasteiger partial charge in [0.15, 0.2) is 17.3 Å². The summed E-state index contributed by atoms with van der Waals surface area (Å²) in [5.41, 5.74) is 12.8. The Morgan fingerprint density at radius 2 is 1.90 bits per heavy atom. The molecule has 0 aromatic heterocycles. The normalized spacial score (nSPS) is 10.4. The standard InChI is InChI=1S/C12H14N6O3/c1-20-9-3-6(12(16)19)7(4-10(9)21-2)17-18-8(5-13)11(14)15/h3-4,17H,1-2H3,(H3,14,15)(H2,16,19)/b18-8+. The average Bonchev–Trinajstić information content (AvgIpc) is 2.46. The van der Waals surface area contributed by atoms with Gasteiger partial charge in [-0.1, -0.05) is 0 Å². The number of hydrogen-bond acceptors (Lipinski definition) is 7. The molecule has 0 aliphatic rings. The highest BCUT2D eigenvalue weighted by molar-refractivity contribution is 6.45. The Morgan fingerprint density at radius 3 is 2.33 bits per heavy atom. The van der Waals surface area contributed by atoms with Crippen molar-refractivity contribution in [2.45, 2.75) is 0 Å². The molecule has 0 spiro atoms. The Morgan fingerprint density at radius 1 is 1.33 bits per heavy atom. The van der Waals surface area contributed by atoms with Gasteiger partial charge in [-0.25, -0.2) is 0 Å². The van der Waals surface area contributed by atoms with Crippen LogP contribution in [0.25, 0.3) is 0 Å². The highest BCUT2D eigenvalue weighted by atomic mass is 16.5. The smallest absolute Gasteiger partial charge is 0.251 e. The van der Waals surface area contributed by atoms with Crippen LogP contribution < -0.4 is 26.4 Å². The predicted molar refractivity (Wildman–Crippen MR) is 76.6 cm³/mol. The van der Waals surface area contributed by atoms with E-state index in [-0.39, 0.29) is 17.0 Å². The Labute approximate surface area is 120 Å². The van der Waals surface area contributed by atoms with Crippen molar-refractivity contribution >= 4 is 23.1 Å². The van der Waals surface area contributed by atoms with Gasteiger partial charge in [0.2, 0.25) is 5.71 Å². The lowest BCUT2D eigenvalue weighted by Crippen LogP contribution is -2.22. The number of rotatable bonds is 6. The van der Waals surface area contributed by atoms with E-state index >= 15 is 0 Å². The van der Waals surface area contributed by atoms with Gasteiger partial charge in [0.05, 0.1) is 25.5 Å². The van der Waals surface area contributed by atoms with Crippen LogP contribution in [0.3, 0.4) is 0 Å². The quantitative estimate of drug-likeness (QED) is 0.328. The van der Waals surface area contributed by atoms with Crippen LogP contribution in [-0.4, -0.2) is 31.7 Å². The molecule has 0 aliphatic carbocycles. The molecule has 1 rings (SSSR count). The van der Waals surface area contributed by atoms with Gasteiger partial charge in [0.25, 0.3) is 5.91 Å². The number of carbonyl (C=O) groups excluding carboxylic acids is 1. The molecule has 1 aromatic rings. The maximum absolute atomic E-state index is 11.4. The van der Waals surface area contributed by atoms with Gasteiger partial charge < -0.3 is 20.9 Å². The number of hydrogen-bond donors (Lipinski definition) is 4. The number of nitrogens with one attached hydrogen (secondary N) is 2. The van der Waals surface area contributed by atoms with Gasteiger partial charge in [-0.2, -0.15) is 10.4 Å². The van der Waals surface area contributed by atoms with Crippen molar-refractivity contribution in [2.75, 3.05) is 19.6 Å². The number of benzene rings is 1. The minimum atomic E-state index is -0.727. The molecule has 0 fully saturated rings. The number of amidine groups is 1. The second-order valence-corrected chi connectivity index (χ2v) is 3.71. The number of hydrazone groups is 1. The van der Waals surface area contributed by atoms with E-state index in [1.54, 1.807) is 6.07 Å². The van der Waals surface area contributed by atoms with E-state index in [2.05, 4.69) is 10.5 Å². The maximum Gasteiger partial charge on any atom is 0.251 e. The molecule has 110 valence electrons. The fourth-order valence-corrected chi connectivity index (χ4v) is 1.44. The SMILES string of the molecule is COc1cc(N/N=C(\C#N)C(=N)N)c(C(N)=O)cc1OC. The van der Waals surface area contributed by atoms with Gasteiger partial charge in [-0.05, 0) is 6.07 Å². The lowest BCUT2D eigenvalue weighted by molar-refractivity contribution is 0.100. The Bertz CT molecular complexity index is 647. The molecule has 0 heterocycles. The summed E-state index contributed by atoms with van der Waals surface area (Å²) in [5, 5.41) is 19.5. The molecule has 1 amide bonds. The molecule has 0 radical (unpaired) electrons. The number of anilines is 1. The largest absolute Gasteiger partial charge is 0.493 e. The van der Waals surface area contributed by atoms with E-state index < -0.39 is 11.7 Å². The third-order valence-electron chi connectivity index (χ3n) is 2.44. The van der Waals surface area contributed by atoms with Crippen molar-refractivity contribution in [1.82, 2.24) is 0 Å². The first kappa shape index (κ1) is 15.8. The first-order valence-corrected chi connectivity index (χ1v) is 5.58. The highest BCUT2D eigenvalue weighted by Crippen LogP contribution is 2.33. The summed E-state index contributed by atoms with van der Waals surface area (Å²) in [6, 6.07) is 4.44. The average molecular weight is 290 g/mol. The van der Waals surface area contributed by atoms with E-state index in [1.807, 2.05) is 0 Å². The lowest BCUT2D eigenvalue weighted by atomic mass is 10.1. The zero-order valence-corrected chi connectivity index (χ0v) is 11.4. The van der Waals surface area contributed by atoms with Crippen LogP contribution >= 0.6 is 0 Å². The van der Waals surface area contributed by atoms with E-state index in [0.717, 1.165) is 0 Å². The third-order valence-corrected chi connectivity index (χ3v) is 2.44. The van der Waals surface area contributed by atoms with Crippen molar-refractivity contribution < 1.29 is 14.3 Å². The van der Waals surface area contributed by atoms with Crippen LogP contribution in [0.5, 0.6) is 11.5 Å². The number of methoxy groups -OCH3 is 2. The van der Waals surface area contributed by atoms with Crippen molar-refractivity contribution in [3.63, 3.8) is 0 Å². The van der Waals surface area contributed by atoms with Crippen LogP contribution in [0.4, 0.5) is 5.69 Å². The van der Waals surface area contributed by atoms with Crippen molar-refractivity contribution in [1.29, 1.82) is 10.7 Å². The number of carbonyl (C=O) groups is 1. The van der Waals surface area contributed by atoms with Crippen LogP contribution in [-0.2, 0) is 0 Å². The molecule has 0 saturated heterocycles. The van der Waals surface area contributed by atoms with Crippen LogP contribution in [0, 0.1) is 16.7 Å². The summed E-state index contributed by atoms with van der Waals surface area (Å²) in [6.45, 7) is 0. The van der Waals surface area contributed by atoms with Gasteiger partial charge in [-0.3, -0.25) is 15.6 Å². The molecule has 1 aromatic carbocycles. The minimum Gasteiger partial charge on any atom is -0.493 e. The van der Waals surface area contributed by atoms with Gasteiger partial charge in [0, 0.05) is 6.07 Å². The third kappa shape index (κ3) is 3.60. The Kier molecular flexibility index (Phi) is 5.08. The predicted octanol–water partition coefficient (Wildman–Crippen LogP) is 0.0302. The molecule has 21 heavy (non-hydrogen) atoms. The molecule has 0 unspecified atom stereocenters. The highest BCUT2D eigenvalue weighted by Gasteiger charge is 2.15. The van der Waals surface area contributed by atoms with Crippen LogP contribution in [0.2, 0.25) is 0 Å². The summed E-state index contributed by atoms with van der Waals surface area (Å²) >= 11 is 0. The molecule has 9 nitrogen and oxygen atoms in total. The summed E-state index contributed by atoms with van der Waals surface area (Å²) < 4.78 is 10.2. The molecule has 0 atom stereocenters. The molecular formula is C12H14N6O3. The second kappa shape index (κ2) is 6.76. The number of amides is 1. The van der Waals surface area contributed by atoms with Crippen molar-refractivity contribution in [3.8, 4) is 17.6 Å². The van der Waals surface area contributed by atoms with Crippen molar-refractivity contribution in [3.05, 3.63) is 17.7 Å². The number of primary amides is 1. The Balaban J connectivity index is 3.31.